The fraction of sp³-hybridized carbons (Fsp3) is 0.217. The summed E-state index contributed by atoms with van der Waals surface area (Å²) in [4.78, 5) is 34.7. The van der Waals surface area contributed by atoms with Crippen molar-refractivity contribution in [3.8, 4) is 34.3 Å². The number of carbonyl (C=O) groups is 1. The summed E-state index contributed by atoms with van der Waals surface area (Å²) >= 11 is 0. The number of amides is 1. The number of rotatable bonds is 7. The zero-order chi connectivity index (χ0) is 24.6. The number of aryl methyl sites for hydroxylation is 1. The Labute approximate surface area is 193 Å². The lowest BCUT2D eigenvalue weighted by molar-refractivity contribution is 0.0997. The Morgan fingerprint density at radius 3 is 2.18 bits per heavy atom. The van der Waals surface area contributed by atoms with E-state index in [4.69, 9.17) is 19.9 Å². The van der Waals surface area contributed by atoms with Crippen molar-refractivity contribution in [1.29, 1.82) is 0 Å². The topological polar surface area (TPSA) is 123 Å². The Hall–Kier alpha value is -4.41. The number of aromatic nitrogens is 4. The standard InChI is InChI=1S/C23H22FN5O5/c1-5-28-19-18(20(25)30)26-21(14-10-16(33-3)17(34-4)11-15(14)32-2)27-22(19)29(23(28)31)13-8-6-12(24)7-9-13/h6-11H,5H2,1-4H3,(H2,25,30). The van der Waals surface area contributed by atoms with Crippen molar-refractivity contribution >= 4 is 17.1 Å². The predicted molar refractivity (Wildman–Crippen MR) is 122 cm³/mol. The van der Waals surface area contributed by atoms with E-state index >= 15 is 0 Å². The van der Waals surface area contributed by atoms with Crippen molar-refractivity contribution in [1.82, 2.24) is 19.1 Å². The third kappa shape index (κ3) is 3.60. The van der Waals surface area contributed by atoms with E-state index in [2.05, 4.69) is 9.97 Å². The molecule has 0 fully saturated rings. The fourth-order valence-corrected chi connectivity index (χ4v) is 3.77. The van der Waals surface area contributed by atoms with Crippen LogP contribution in [0.25, 0.3) is 28.2 Å². The molecular formula is C23H22FN5O5. The molecule has 11 heteroatoms. The van der Waals surface area contributed by atoms with Crippen molar-refractivity contribution in [2.24, 2.45) is 5.73 Å². The van der Waals surface area contributed by atoms with E-state index in [0.717, 1.165) is 0 Å². The molecule has 2 N–H and O–H groups in total. The second-order valence-corrected chi connectivity index (χ2v) is 7.18. The highest BCUT2D eigenvalue weighted by atomic mass is 19.1. The monoisotopic (exact) mass is 467 g/mol. The van der Waals surface area contributed by atoms with Crippen LogP contribution in [0.15, 0.2) is 41.2 Å². The predicted octanol–water partition coefficient (Wildman–Crippen LogP) is 2.53. The van der Waals surface area contributed by atoms with Crippen LogP contribution in [-0.4, -0.2) is 46.3 Å². The summed E-state index contributed by atoms with van der Waals surface area (Å²) in [5.41, 5.74) is 6.10. The maximum absolute atomic E-state index is 13.5. The summed E-state index contributed by atoms with van der Waals surface area (Å²) in [6, 6.07) is 8.53. The first kappa shape index (κ1) is 22.8. The van der Waals surface area contributed by atoms with E-state index in [1.165, 1.54) is 54.7 Å². The van der Waals surface area contributed by atoms with Crippen LogP contribution in [0, 0.1) is 5.82 Å². The molecule has 0 saturated heterocycles. The molecule has 0 radical (unpaired) electrons. The molecule has 0 aliphatic carbocycles. The number of carbonyl (C=O) groups excluding carboxylic acids is 1. The Kier molecular flexibility index (Phi) is 5.93. The Morgan fingerprint density at radius 1 is 1.00 bits per heavy atom. The van der Waals surface area contributed by atoms with Gasteiger partial charge in [0, 0.05) is 12.6 Å². The van der Waals surface area contributed by atoms with E-state index in [0.29, 0.717) is 28.5 Å². The molecule has 0 aliphatic rings. The van der Waals surface area contributed by atoms with Crippen LogP contribution in [0.3, 0.4) is 0 Å². The van der Waals surface area contributed by atoms with Gasteiger partial charge < -0.3 is 19.9 Å². The van der Waals surface area contributed by atoms with Crippen LogP contribution >= 0.6 is 0 Å². The highest BCUT2D eigenvalue weighted by Gasteiger charge is 2.25. The van der Waals surface area contributed by atoms with Crippen molar-refractivity contribution in [3.05, 3.63) is 58.4 Å². The molecule has 176 valence electrons. The normalized spacial score (nSPS) is 11.0. The Bertz CT molecular complexity index is 1460. The molecule has 1 amide bonds. The van der Waals surface area contributed by atoms with Crippen LogP contribution in [0.2, 0.25) is 0 Å². The minimum absolute atomic E-state index is 0.0724. The van der Waals surface area contributed by atoms with Gasteiger partial charge in [0.05, 0.1) is 32.6 Å². The minimum Gasteiger partial charge on any atom is -0.496 e. The van der Waals surface area contributed by atoms with Gasteiger partial charge in [0.25, 0.3) is 5.91 Å². The number of fused-ring (bicyclic) bond motifs is 1. The Balaban J connectivity index is 2.13. The molecule has 2 aromatic carbocycles. The van der Waals surface area contributed by atoms with E-state index in [1.54, 1.807) is 19.1 Å². The van der Waals surface area contributed by atoms with E-state index in [9.17, 15) is 14.0 Å². The van der Waals surface area contributed by atoms with E-state index in [-0.39, 0.29) is 29.2 Å². The Morgan fingerprint density at radius 2 is 1.62 bits per heavy atom. The molecular weight excluding hydrogens is 445 g/mol. The quantitative estimate of drug-likeness (QED) is 0.443. The lowest BCUT2D eigenvalue weighted by atomic mass is 10.1. The number of primary amides is 1. The first-order chi connectivity index (χ1) is 16.3. The number of hydrogen-bond acceptors (Lipinski definition) is 7. The molecule has 0 atom stereocenters. The third-order valence-electron chi connectivity index (χ3n) is 5.35. The molecule has 0 bridgehead atoms. The van der Waals surface area contributed by atoms with Crippen molar-refractivity contribution in [2.45, 2.75) is 13.5 Å². The summed E-state index contributed by atoms with van der Waals surface area (Å²) in [7, 11) is 4.42. The van der Waals surface area contributed by atoms with Gasteiger partial charge in [0.15, 0.2) is 28.7 Å². The van der Waals surface area contributed by atoms with Gasteiger partial charge in [-0.1, -0.05) is 0 Å². The second kappa shape index (κ2) is 8.85. The van der Waals surface area contributed by atoms with Crippen molar-refractivity contribution < 1.29 is 23.4 Å². The zero-order valence-corrected chi connectivity index (χ0v) is 19.0. The number of nitrogens with zero attached hydrogens (tertiary/aromatic N) is 4. The van der Waals surface area contributed by atoms with Gasteiger partial charge in [-0.3, -0.25) is 9.36 Å². The van der Waals surface area contributed by atoms with Crippen molar-refractivity contribution in [2.75, 3.05) is 21.3 Å². The largest absolute Gasteiger partial charge is 0.496 e. The molecule has 2 heterocycles. The third-order valence-corrected chi connectivity index (χ3v) is 5.35. The van der Waals surface area contributed by atoms with E-state index in [1.807, 2.05) is 0 Å². The molecule has 10 nitrogen and oxygen atoms in total. The van der Waals surface area contributed by atoms with Crippen LogP contribution in [0.4, 0.5) is 4.39 Å². The molecule has 0 unspecified atom stereocenters. The van der Waals surface area contributed by atoms with Gasteiger partial charge in [0.1, 0.15) is 17.1 Å². The summed E-state index contributed by atoms with van der Waals surface area (Å²) in [6.07, 6.45) is 0. The number of benzene rings is 2. The number of ether oxygens (including phenoxy) is 3. The smallest absolute Gasteiger partial charge is 0.335 e. The SMILES string of the molecule is CCn1c(=O)n(-c2ccc(F)cc2)c2nc(-c3cc(OC)c(OC)cc3OC)nc(C(N)=O)c21. The van der Waals surface area contributed by atoms with Crippen LogP contribution in [0.1, 0.15) is 17.4 Å². The van der Waals surface area contributed by atoms with Gasteiger partial charge in [-0.05, 0) is 37.3 Å². The van der Waals surface area contributed by atoms with Crippen LogP contribution < -0.4 is 25.6 Å². The number of nitrogens with two attached hydrogens (primary N) is 1. The minimum atomic E-state index is -0.841. The number of halogens is 1. The highest BCUT2D eigenvalue weighted by molar-refractivity contribution is 6.02. The molecule has 4 rings (SSSR count). The summed E-state index contributed by atoms with van der Waals surface area (Å²) < 4.78 is 32.4. The maximum atomic E-state index is 13.5. The first-order valence-electron chi connectivity index (χ1n) is 10.2. The zero-order valence-electron chi connectivity index (χ0n) is 19.0. The van der Waals surface area contributed by atoms with Gasteiger partial charge in [0.2, 0.25) is 0 Å². The maximum Gasteiger partial charge on any atom is 0.335 e. The lowest BCUT2D eigenvalue weighted by Gasteiger charge is -2.14. The molecule has 2 aromatic heterocycles. The molecule has 0 spiro atoms. The molecule has 0 saturated carbocycles. The second-order valence-electron chi connectivity index (χ2n) is 7.18. The summed E-state index contributed by atoms with van der Waals surface area (Å²) in [5, 5.41) is 0. The number of hydrogen-bond donors (Lipinski definition) is 1. The van der Waals surface area contributed by atoms with Crippen molar-refractivity contribution in [3.63, 3.8) is 0 Å². The number of imidazole rings is 1. The van der Waals surface area contributed by atoms with Gasteiger partial charge in [-0.15, -0.1) is 0 Å². The molecule has 4 aromatic rings. The highest BCUT2D eigenvalue weighted by Crippen LogP contribution is 2.39. The van der Waals surface area contributed by atoms with E-state index < -0.39 is 17.4 Å². The van der Waals surface area contributed by atoms with Gasteiger partial charge in [-0.2, -0.15) is 0 Å². The summed E-state index contributed by atoms with van der Waals surface area (Å²) in [5.74, 6) is -0.0867. The van der Waals surface area contributed by atoms with Gasteiger partial charge in [-0.25, -0.2) is 23.7 Å². The average Bonchev–Trinajstić information content (AvgIpc) is 3.13. The number of methoxy groups -OCH3 is 3. The average molecular weight is 467 g/mol. The lowest BCUT2D eigenvalue weighted by Crippen LogP contribution is -2.23. The fourth-order valence-electron chi connectivity index (χ4n) is 3.77. The first-order valence-corrected chi connectivity index (χ1v) is 10.2. The molecule has 0 aliphatic heterocycles. The molecule has 34 heavy (non-hydrogen) atoms. The summed E-state index contributed by atoms with van der Waals surface area (Å²) in [6.45, 7) is 1.97. The van der Waals surface area contributed by atoms with Crippen LogP contribution in [0.5, 0.6) is 17.2 Å². The van der Waals surface area contributed by atoms with Crippen LogP contribution in [-0.2, 0) is 6.54 Å². The van der Waals surface area contributed by atoms with Gasteiger partial charge >= 0.3 is 5.69 Å².